The Kier molecular flexibility index (Phi) is 3.96. The summed E-state index contributed by atoms with van der Waals surface area (Å²) in [6.07, 6.45) is 1.04. The van der Waals surface area contributed by atoms with Gasteiger partial charge in [0.15, 0.2) is 0 Å². The van der Waals surface area contributed by atoms with Crippen LogP contribution in [0, 0.1) is 17.2 Å². The highest BCUT2D eigenvalue weighted by atomic mass is 16.2. The van der Waals surface area contributed by atoms with Crippen LogP contribution >= 0.6 is 0 Å². The van der Waals surface area contributed by atoms with Crippen LogP contribution < -0.4 is 10.6 Å². The van der Waals surface area contributed by atoms with Crippen molar-refractivity contribution in [2.75, 3.05) is 6.54 Å². The van der Waals surface area contributed by atoms with Crippen LogP contribution in [0.25, 0.3) is 0 Å². The Balaban J connectivity index is 1.91. The molecule has 18 heavy (non-hydrogen) atoms. The van der Waals surface area contributed by atoms with E-state index in [1.54, 1.807) is 12.1 Å². The predicted molar refractivity (Wildman–Crippen MR) is 68.6 cm³/mol. The molecule has 1 aliphatic rings. The van der Waals surface area contributed by atoms with Crippen molar-refractivity contribution in [2.24, 2.45) is 5.92 Å². The van der Waals surface area contributed by atoms with Gasteiger partial charge in [-0.15, -0.1) is 0 Å². The number of hydrogen-bond acceptors (Lipinski definition) is 3. The molecule has 1 heterocycles. The summed E-state index contributed by atoms with van der Waals surface area (Å²) in [5, 5.41) is 14.9. The molecular weight excluding hydrogens is 226 g/mol. The largest absolute Gasteiger partial charge is 0.351 e. The predicted octanol–water partition coefficient (Wildman–Crippen LogP) is 1.17. The smallest absolute Gasteiger partial charge is 0.237 e. The fourth-order valence-electron chi connectivity index (χ4n) is 2.24. The summed E-state index contributed by atoms with van der Waals surface area (Å²) < 4.78 is 0. The molecule has 1 amide bonds. The molecule has 0 saturated carbocycles. The number of carbonyl (C=O) groups is 1. The van der Waals surface area contributed by atoms with Gasteiger partial charge in [-0.3, -0.25) is 4.79 Å². The first-order chi connectivity index (χ1) is 8.70. The zero-order valence-corrected chi connectivity index (χ0v) is 10.4. The molecule has 0 radical (unpaired) electrons. The number of hydrogen-bond donors (Lipinski definition) is 2. The lowest BCUT2D eigenvalue weighted by Gasteiger charge is -2.15. The van der Waals surface area contributed by atoms with Crippen molar-refractivity contribution in [3.05, 3.63) is 35.4 Å². The molecule has 0 spiro atoms. The van der Waals surface area contributed by atoms with Crippen molar-refractivity contribution in [3.63, 3.8) is 0 Å². The maximum atomic E-state index is 11.9. The van der Waals surface area contributed by atoms with Crippen LogP contribution in [0.5, 0.6) is 0 Å². The Morgan fingerprint density at radius 1 is 1.61 bits per heavy atom. The molecule has 1 saturated heterocycles. The van der Waals surface area contributed by atoms with Crippen LogP contribution in [0.4, 0.5) is 0 Å². The van der Waals surface area contributed by atoms with E-state index < -0.39 is 0 Å². The van der Waals surface area contributed by atoms with E-state index in [1.807, 2.05) is 12.1 Å². The lowest BCUT2D eigenvalue weighted by Crippen LogP contribution is -2.42. The van der Waals surface area contributed by atoms with E-state index in [2.05, 4.69) is 23.6 Å². The zero-order valence-electron chi connectivity index (χ0n) is 10.4. The third kappa shape index (κ3) is 2.88. The Bertz CT molecular complexity index is 478. The maximum Gasteiger partial charge on any atom is 0.237 e. The molecule has 2 atom stereocenters. The molecule has 1 fully saturated rings. The number of nitrogens with zero attached hydrogens (tertiary/aromatic N) is 1. The van der Waals surface area contributed by atoms with Gasteiger partial charge in [-0.05, 0) is 36.6 Å². The second-order valence-electron chi connectivity index (χ2n) is 4.73. The van der Waals surface area contributed by atoms with Crippen molar-refractivity contribution >= 4 is 5.91 Å². The van der Waals surface area contributed by atoms with Crippen LogP contribution in [-0.4, -0.2) is 18.5 Å². The topological polar surface area (TPSA) is 64.9 Å². The summed E-state index contributed by atoms with van der Waals surface area (Å²) in [6, 6.07) is 9.31. The molecule has 0 aliphatic carbocycles. The average molecular weight is 243 g/mol. The molecule has 0 bridgehead atoms. The first-order valence-electron chi connectivity index (χ1n) is 6.21. The third-order valence-electron chi connectivity index (χ3n) is 3.34. The first-order valence-corrected chi connectivity index (χ1v) is 6.21. The quantitative estimate of drug-likeness (QED) is 0.837. The van der Waals surface area contributed by atoms with E-state index in [-0.39, 0.29) is 11.9 Å². The van der Waals surface area contributed by atoms with Crippen molar-refractivity contribution in [3.8, 4) is 6.07 Å². The fourth-order valence-corrected chi connectivity index (χ4v) is 2.24. The molecule has 1 aromatic rings. The third-order valence-corrected chi connectivity index (χ3v) is 3.34. The van der Waals surface area contributed by atoms with E-state index in [9.17, 15) is 4.79 Å². The highest BCUT2D eigenvalue weighted by Crippen LogP contribution is 2.14. The van der Waals surface area contributed by atoms with Gasteiger partial charge >= 0.3 is 0 Å². The van der Waals surface area contributed by atoms with E-state index in [1.165, 1.54) is 0 Å². The first kappa shape index (κ1) is 12.6. The van der Waals surface area contributed by atoms with Crippen molar-refractivity contribution in [1.29, 1.82) is 5.26 Å². The molecule has 4 nitrogen and oxygen atoms in total. The van der Waals surface area contributed by atoms with Gasteiger partial charge in [-0.2, -0.15) is 5.26 Å². The fraction of sp³-hybridized carbons (Fsp3) is 0.429. The second-order valence-corrected chi connectivity index (χ2v) is 4.73. The molecule has 1 aliphatic heterocycles. The lowest BCUT2D eigenvalue weighted by atomic mass is 10.0. The average Bonchev–Trinajstić information content (AvgIpc) is 2.82. The summed E-state index contributed by atoms with van der Waals surface area (Å²) >= 11 is 0. The maximum absolute atomic E-state index is 11.9. The van der Waals surface area contributed by atoms with Gasteiger partial charge < -0.3 is 10.6 Å². The van der Waals surface area contributed by atoms with Crippen LogP contribution in [-0.2, 0) is 11.3 Å². The number of amides is 1. The van der Waals surface area contributed by atoms with Crippen molar-refractivity contribution in [2.45, 2.75) is 25.9 Å². The minimum Gasteiger partial charge on any atom is -0.351 e. The van der Waals surface area contributed by atoms with Gasteiger partial charge in [-0.25, -0.2) is 0 Å². The summed E-state index contributed by atoms with van der Waals surface area (Å²) in [7, 11) is 0. The van der Waals surface area contributed by atoms with Gasteiger partial charge in [0.25, 0.3) is 0 Å². The van der Waals surface area contributed by atoms with Crippen LogP contribution in [0.15, 0.2) is 24.3 Å². The minimum atomic E-state index is -0.0795. The lowest BCUT2D eigenvalue weighted by molar-refractivity contribution is -0.123. The number of nitriles is 1. The Morgan fingerprint density at radius 2 is 2.44 bits per heavy atom. The van der Waals surface area contributed by atoms with Gasteiger partial charge in [0, 0.05) is 6.54 Å². The number of carbonyl (C=O) groups excluding carboxylic acids is 1. The second kappa shape index (κ2) is 5.65. The molecule has 1 aromatic carbocycles. The van der Waals surface area contributed by atoms with Gasteiger partial charge in [0.2, 0.25) is 5.91 Å². The minimum absolute atomic E-state index is 0.0439. The highest BCUT2D eigenvalue weighted by molar-refractivity contribution is 5.82. The molecule has 2 rings (SSSR count). The Hall–Kier alpha value is -1.86. The number of rotatable bonds is 3. The molecule has 0 aromatic heterocycles. The molecule has 2 N–H and O–H groups in total. The van der Waals surface area contributed by atoms with Gasteiger partial charge in [0.1, 0.15) is 0 Å². The zero-order chi connectivity index (χ0) is 13.0. The highest BCUT2D eigenvalue weighted by Gasteiger charge is 2.28. The normalized spacial score (nSPS) is 22.4. The van der Waals surface area contributed by atoms with E-state index in [4.69, 9.17) is 5.26 Å². The molecular formula is C14H17N3O. The van der Waals surface area contributed by atoms with Crippen LogP contribution in [0.2, 0.25) is 0 Å². The number of nitrogens with one attached hydrogen (secondary N) is 2. The number of benzene rings is 1. The SMILES string of the molecule is CC1CCNC1C(=O)NCc1cccc(C#N)c1. The molecule has 4 heteroatoms. The Morgan fingerprint density at radius 3 is 3.11 bits per heavy atom. The van der Waals surface area contributed by atoms with Crippen LogP contribution in [0.3, 0.4) is 0 Å². The molecule has 94 valence electrons. The van der Waals surface area contributed by atoms with Crippen molar-refractivity contribution < 1.29 is 4.79 Å². The summed E-state index contributed by atoms with van der Waals surface area (Å²) in [6.45, 7) is 3.46. The molecule has 2 unspecified atom stereocenters. The van der Waals surface area contributed by atoms with Gasteiger partial charge in [0.05, 0.1) is 17.7 Å². The van der Waals surface area contributed by atoms with E-state index >= 15 is 0 Å². The summed E-state index contributed by atoms with van der Waals surface area (Å²) in [5.41, 5.74) is 1.57. The van der Waals surface area contributed by atoms with Gasteiger partial charge in [-0.1, -0.05) is 19.1 Å². The summed E-state index contributed by atoms with van der Waals surface area (Å²) in [5.74, 6) is 0.429. The standard InChI is InChI=1S/C14H17N3O/c1-10-5-6-16-13(10)14(18)17-9-12-4-2-3-11(7-12)8-15/h2-4,7,10,13,16H,5-6,9H2,1H3,(H,17,18). The van der Waals surface area contributed by atoms with Crippen molar-refractivity contribution in [1.82, 2.24) is 10.6 Å². The van der Waals surface area contributed by atoms with Crippen LogP contribution in [0.1, 0.15) is 24.5 Å². The van der Waals surface area contributed by atoms with E-state index in [0.717, 1.165) is 18.5 Å². The Labute approximate surface area is 107 Å². The summed E-state index contributed by atoms with van der Waals surface area (Å²) in [4.78, 5) is 11.9. The van der Waals surface area contributed by atoms with E-state index in [0.29, 0.717) is 18.0 Å². The monoisotopic (exact) mass is 243 g/mol.